The molecule has 124 valence electrons. The molecule has 0 amide bonds. The zero-order valence-electron chi connectivity index (χ0n) is 13.4. The van der Waals surface area contributed by atoms with Crippen molar-refractivity contribution < 1.29 is 9.90 Å². The highest BCUT2D eigenvalue weighted by atomic mass is 35.5. The van der Waals surface area contributed by atoms with E-state index in [-0.39, 0.29) is 6.42 Å². The highest BCUT2D eigenvalue weighted by Crippen LogP contribution is 2.22. The molecule has 1 aromatic rings. The van der Waals surface area contributed by atoms with Crippen LogP contribution in [0.2, 0.25) is 5.15 Å². The lowest BCUT2D eigenvalue weighted by Crippen LogP contribution is -2.46. The molecule has 2 rings (SSSR count). The SMILES string of the molecule is CCc1nn(C)c(Cl)c1CN1CCN(CCCC(=O)O)CC1. The predicted molar refractivity (Wildman–Crippen MR) is 86.2 cm³/mol. The van der Waals surface area contributed by atoms with Gasteiger partial charge in [-0.05, 0) is 19.4 Å². The van der Waals surface area contributed by atoms with E-state index in [9.17, 15) is 4.79 Å². The highest BCUT2D eigenvalue weighted by Gasteiger charge is 2.21. The van der Waals surface area contributed by atoms with E-state index in [1.54, 1.807) is 4.68 Å². The van der Waals surface area contributed by atoms with Crippen LogP contribution in [0.1, 0.15) is 31.0 Å². The predicted octanol–water partition coefficient (Wildman–Crippen LogP) is 1.62. The van der Waals surface area contributed by atoms with Crippen LogP contribution in [0.4, 0.5) is 0 Å². The second-order valence-corrected chi connectivity index (χ2v) is 6.17. The Kier molecular flexibility index (Phi) is 6.23. The number of aryl methyl sites for hydroxylation is 2. The average Bonchev–Trinajstić information content (AvgIpc) is 2.76. The summed E-state index contributed by atoms with van der Waals surface area (Å²) in [5.74, 6) is -0.711. The van der Waals surface area contributed by atoms with E-state index in [1.165, 1.54) is 0 Å². The Balaban J connectivity index is 1.81. The first-order valence-corrected chi connectivity index (χ1v) is 8.25. The van der Waals surface area contributed by atoms with Gasteiger partial charge in [-0.25, -0.2) is 0 Å². The largest absolute Gasteiger partial charge is 0.481 e. The van der Waals surface area contributed by atoms with E-state index >= 15 is 0 Å². The first kappa shape index (κ1) is 17.2. The number of halogens is 1. The second-order valence-electron chi connectivity index (χ2n) is 5.81. The van der Waals surface area contributed by atoms with Crippen LogP contribution in [-0.2, 0) is 24.8 Å². The number of hydrogen-bond donors (Lipinski definition) is 1. The standard InChI is InChI=1S/C15H25ClN4O2/c1-3-13-12(15(16)18(2)17-13)11-20-9-7-19(8-10-20)6-4-5-14(21)22/h3-11H2,1-2H3,(H,21,22). The number of aliphatic carboxylic acids is 1. The number of nitrogens with zero attached hydrogens (tertiary/aromatic N) is 4. The molecular formula is C15H25ClN4O2. The molecule has 2 heterocycles. The lowest BCUT2D eigenvalue weighted by molar-refractivity contribution is -0.137. The Morgan fingerprint density at radius 3 is 2.50 bits per heavy atom. The van der Waals surface area contributed by atoms with Crippen molar-refractivity contribution in [3.05, 3.63) is 16.4 Å². The Bertz CT molecular complexity index is 510. The van der Waals surface area contributed by atoms with Gasteiger partial charge in [0.25, 0.3) is 0 Å². The Morgan fingerprint density at radius 2 is 1.91 bits per heavy atom. The second kappa shape index (κ2) is 7.94. The van der Waals surface area contributed by atoms with Gasteiger partial charge >= 0.3 is 5.97 Å². The zero-order chi connectivity index (χ0) is 16.1. The molecule has 1 aliphatic heterocycles. The van der Waals surface area contributed by atoms with E-state index in [2.05, 4.69) is 21.8 Å². The number of hydrogen-bond acceptors (Lipinski definition) is 4. The number of aromatic nitrogens is 2. The van der Waals surface area contributed by atoms with Crippen molar-refractivity contribution in [1.82, 2.24) is 19.6 Å². The zero-order valence-corrected chi connectivity index (χ0v) is 14.1. The van der Waals surface area contributed by atoms with Crippen LogP contribution in [0, 0.1) is 0 Å². The summed E-state index contributed by atoms with van der Waals surface area (Å²) >= 11 is 6.35. The van der Waals surface area contributed by atoms with Crippen molar-refractivity contribution in [3.8, 4) is 0 Å². The van der Waals surface area contributed by atoms with Crippen molar-refractivity contribution in [3.63, 3.8) is 0 Å². The molecular weight excluding hydrogens is 304 g/mol. The first-order chi connectivity index (χ1) is 10.5. The van der Waals surface area contributed by atoms with Crippen molar-refractivity contribution in [2.24, 2.45) is 7.05 Å². The van der Waals surface area contributed by atoms with Gasteiger partial charge in [0.05, 0.1) is 5.69 Å². The summed E-state index contributed by atoms with van der Waals surface area (Å²) in [7, 11) is 1.88. The van der Waals surface area contributed by atoms with E-state index in [1.807, 2.05) is 7.05 Å². The fraction of sp³-hybridized carbons (Fsp3) is 0.733. The lowest BCUT2D eigenvalue weighted by atomic mass is 10.2. The number of carboxylic acid groups (broad SMARTS) is 1. The molecule has 0 radical (unpaired) electrons. The fourth-order valence-corrected chi connectivity index (χ4v) is 3.10. The number of carboxylic acids is 1. The lowest BCUT2D eigenvalue weighted by Gasteiger charge is -2.34. The van der Waals surface area contributed by atoms with Crippen molar-refractivity contribution in [1.29, 1.82) is 0 Å². The summed E-state index contributed by atoms with van der Waals surface area (Å²) in [6.45, 7) is 7.76. The average molecular weight is 329 g/mol. The van der Waals surface area contributed by atoms with Crippen molar-refractivity contribution in [2.45, 2.75) is 32.7 Å². The van der Waals surface area contributed by atoms with Crippen LogP contribution in [-0.4, -0.2) is 63.4 Å². The van der Waals surface area contributed by atoms with Crippen LogP contribution in [0.5, 0.6) is 0 Å². The van der Waals surface area contributed by atoms with Gasteiger partial charge in [0.2, 0.25) is 0 Å². The molecule has 6 nitrogen and oxygen atoms in total. The molecule has 1 aliphatic rings. The van der Waals surface area contributed by atoms with Crippen molar-refractivity contribution in [2.75, 3.05) is 32.7 Å². The number of piperazine rings is 1. The topological polar surface area (TPSA) is 61.6 Å². The highest BCUT2D eigenvalue weighted by molar-refractivity contribution is 6.30. The molecule has 1 fully saturated rings. The van der Waals surface area contributed by atoms with Gasteiger partial charge in [0, 0.05) is 51.8 Å². The Hall–Kier alpha value is -1.11. The molecule has 1 aromatic heterocycles. The molecule has 0 saturated carbocycles. The normalized spacial score (nSPS) is 17.0. The fourth-order valence-electron chi connectivity index (χ4n) is 2.89. The van der Waals surface area contributed by atoms with Crippen LogP contribution in [0.15, 0.2) is 0 Å². The Morgan fingerprint density at radius 1 is 1.27 bits per heavy atom. The monoisotopic (exact) mass is 328 g/mol. The van der Waals surface area contributed by atoms with Gasteiger partial charge in [-0.3, -0.25) is 14.4 Å². The Labute approximate surface area is 136 Å². The molecule has 0 unspecified atom stereocenters. The van der Waals surface area contributed by atoms with Gasteiger partial charge in [0.15, 0.2) is 0 Å². The van der Waals surface area contributed by atoms with Crippen LogP contribution in [0.25, 0.3) is 0 Å². The summed E-state index contributed by atoms with van der Waals surface area (Å²) in [6, 6.07) is 0. The van der Waals surface area contributed by atoms with Gasteiger partial charge in [0.1, 0.15) is 5.15 Å². The minimum absolute atomic E-state index is 0.255. The number of carbonyl (C=O) groups is 1. The maximum absolute atomic E-state index is 10.5. The van der Waals surface area contributed by atoms with Crippen LogP contribution >= 0.6 is 11.6 Å². The van der Waals surface area contributed by atoms with Gasteiger partial charge in [-0.15, -0.1) is 0 Å². The summed E-state index contributed by atoms with van der Waals surface area (Å²) in [6.07, 6.45) is 1.88. The van der Waals surface area contributed by atoms with E-state index in [0.717, 1.165) is 68.5 Å². The minimum atomic E-state index is -0.711. The maximum atomic E-state index is 10.5. The van der Waals surface area contributed by atoms with Gasteiger partial charge in [-0.2, -0.15) is 5.10 Å². The third-order valence-electron chi connectivity index (χ3n) is 4.20. The first-order valence-electron chi connectivity index (χ1n) is 7.88. The molecule has 0 atom stereocenters. The van der Waals surface area contributed by atoms with Crippen LogP contribution < -0.4 is 0 Å². The van der Waals surface area contributed by atoms with Gasteiger partial charge in [-0.1, -0.05) is 18.5 Å². The van der Waals surface area contributed by atoms with E-state index in [0.29, 0.717) is 0 Å². The molecule has 0 spiro atoms. The molecule has 1 saturated heterocycles. The van der Waals surface area contributed by atoms with Crippen molar-refractivity contribution >= 4 is 17.6 Å². The summed E-state index contributed by atoms with van der Waals surface area (Å²) in [5.41, 5.74) is 2.22. The summed E-state index contributed by atoms with van der Waals surface area (Å²) in [4.78, 5) is 15.3. The minimum Gasteiger partial charge on any atom is -0.481 e. The van der Waals surface area contributed by atoms with Gasteiger partial charge < -0.3 is 10.0 Å². The molecule has 0 aromatic carbocycles. The molecule has 0 bridgehead atoms. The van der Waals surface area contributed by atoms with Crippen LogP contribution in [0.3, 0.4) is 0 Å². The summed E-state index contributed by atoms with van der Waals surface area (Å²) in [5, 5.41) is 13.9. The molecule has 22 heavy (non-hydrogen) atoms. The maximum Gasteiger partial charge on any atom is 0.303 e. The van der Waals surface area contributed by atoms with E-state index in [4.69, 9.17) is 16.7 Å². The third kappa shape index (κ3) is 4.44. The number of rotatable bonds is 7. The van der Waals surface area contributed by atoms with E-state index < -0.39 is 5.97 Å². The summed E-state index contributed by atoms with van der Waals surface area (Å²) < 4.78 is 1.75. The molecule has 7 heteroatoms. The smallest absolute Gasteiger partial charge is 0.303 e. The third-order valence-corrected chi connectivity index (χ3v) is 4.67. The molecule has 0 aliphatic carbocycles. The quantitative estimate of drug-likeness (QED) is 0.824. The molecule has 1 N–H and O–H groups in total.